The number of carbonyl (C=O) groups excluding carboxylic acids is 1. The minimum atomic E-state index is -4.96. The highest BCUT2D eigenvalue weighted by Crippen LogP contribution is 2.52. The van der Waals surface area contributed by atoms with Crippen LogP contribution in [0.5, 0.6) is 5.75 Å². The Morgan fingerprint density at radius 1 is 0.919 bits per heavy atom. The van der Waals surface area contributed by atoms with Crippen molar-refractivity contribution in [3.63, 3.8) is 0 Å². The second-order valence-corrected chi connectivity index (χ2v) is 8.65. The molecule has 3 aromatic carbocycles. The molecule has 10 heteroatoms. The van der Waals surface area contributed by atoms with Gasteiger partial charge in [-0.25, -0.2) is 4.79 Å². The van der Waals surface area contributed by atoms with E-state index in [-0.39, 0.29) is 17.7 Å². The van der Waals surface area contributed by atoms with Gasteiger partial charge in [-0.3, -0.25) is 9.80 Å². The fourth-order valence-corrected chi connectivity index (χ4v) is 4.66. The molecule has 3 aromatic rings. The SMILES string of the molecule is CC[C@]1(C)N(c2ccc(C#N)cc2)C(=O)N(c2ccc(C#N)cc2)C1(O)c1cccc(OC(F)(F)F)c1. The van der Waals surface area contributed by atoms with Gasteiger partial charge in [-0.2, -0.15) is 10.5 Å². The fraction of sp³-hybridized carbons (Fsp3) is 0.222. The largest absolute Gasteiger partial charge is 0.573 e. The lowest BCUT2D eigenvalue weighted by Gasteiger charge is -2.44. The molecule has 0 aromatic heterocycles. The van der Waals surface area contributed by atoms with E-state index in [1.807, 2.05) is 12.1 Å². The van der Waals surface area contributed by atoms with Crippen LogP contribution < -0.4 is 14.5 Å². The van der Waals surface area contributed by atoms with Gasteiger partial charge in [0.05, 0.1) is 28.8 Å². The lowest BCUT2D eigenvalue weighted by Crippen LogP contribution is -2.57. The van der Waals surface area contributed by atoms with Crippen LogP contribution in [-0.2, 0) is 5.72 Å². The van der Waals surface area contributed by atoms with Crippen molar-refractivity contribution in [1.29, 1.82) is 10.5 Å². The summed E-state index contributed by atoms with van der Waals surface area (Å²) in [5, 5.41) is 30.8. The topological polar surface area (TPSA) is 101 Å². The molecule has 0 radical (unpaired) electrons. The van der Waals surface area contributed by atoms with Gasteiger partial charge in [0.25, 0.3) is 0 Å². The number of nitriles is 2. The summed E-state index contributed by atoms with van der Waals surface area (Å²) in [5.74, 6) is -0.555. The Morgan fingerprint density at radius 3 is 1.89 bits per heavy atom. The molecule has 1 aliphatic heterocycles. The van der Waals surface area contributed by atoms with Crippen LogP contribution in [-0.4, -0.2) is 23.0 Å². The van der Waals surface area contributed by atoms with Crippen molar-refractivity contribution in [3.05, 3.63) is 89.5 Å². The molecule has 1 fully saturated rings. The first-order valence-corrected chi connectivity index (χ1v) is 11.2. The summed E-state index contributed by atoms with van der Waals surface area (Å²) in [7, 11) is 0. The van der Waals surface area contributed by atoms with E-state index in [9.17, 15) is 33.6 Å². The second-order valence-electron chi connectivity index (χ2n) is 8.65. The molecule has 0 spiro atoms. The summed E-state index contributed by atoms with van der Waals surface area (Å²) >= 11 is 0. The summed E-state index contributed by atoms with van der Waals surface area (Å²) in [6, 6.07) is 20.3. The van der Waals surface area contributed by atoms with E-state index in [1.165, 1.54) is 53.4 Å². The Labute approximate surface area is 211 Å². The van der Waals surface area contributed by atoms with E-state index in [4.69, 9.17) is 0 Å². The highest BCUT2D eigenvalue weighted by Gasteiger charge is 2.65. The first-order valence-electron chi connectivity index (χ1n) is 11.2. The highest BCUT2D eigenvalue weighted by atomic mass is 19.4. The van der Waals surface area contributed by atoms with Gasteiger partial charge in [0.15, 0.2) is 5.72 Å². The van der Waals surface area contributed by atoms with Gasteiger partial charge in [0, 0.05) is 16.9 Å². The Hall–Kier alpha value is -4.54. The first-order chi connectivity index (χ1) is 17.5. The predicted octanol–water partition coefficient (Wildman–Crippen LogP) is 5.79. The molecule has 1 aliphatic rings. The monoisotopic (exact) mass is 506 g/mol. The molecule has 0 saturated carbocycles. The predicted molar refractivity (Wildman–Crippen MR) is 128 cm³/mol. The van der Waals surface area contributed by atoms with Crippen LogP contribution in [0, 0.1) is 22.7 Å². The number of ether oxygens (including phenoxy) is 1. The smallest absolute Gasteiger partial charge is 0.406 e. The van der Waals surface area contributed by atoms with Gasteiger partial charge in [-0.15, -0.1) is 13.2 Å². The zero-order valence-corrected chi connectivity index (χ0v) is 19.8. The van der Waals surface area contributed by atoms with E-state index >= 15 is 0 Å². The maximum atomic E-state index is 14.0. The number of rotatable bonds is 5. The number of alkyl halides is 3. The summed E-state index contributed by atoms with van der Waals surface area (Å²) in [6.07, 6.45) is -4.77. The number of amides is 2. The molecular formula is C27H21F3N4O3. The van der Waals surface area contributed by atoms with E-state index < -0.39 is 29.4 Å². The third-order valence-corrected chi connectivity index (χ3v) is 6.62. The van der Waals surface area contributed by atoms with E-state index in [0.717, 1.165) is 17.0 Å². The van der Waals surface area contributed by atoms with E-state index in [1.54, 1.807) is 26.0 Å². The van der Waals surface area contributed by atoms with Crippen molar-refractivity contribution in [1.82, 2.24) is 0 Å². The minimum Gasteiger partial charge on any atom is -0.406 e. The number of benzene rings is 3. The Bertz CT molecular complexity index is 1410. The Balaban J connectivity index is 1.96. The normalized spacial score (nSPS) is 21.5. The molecular weight excluding hydrogens is 485 g/mol. The fourth-order valence-electron chi connectivity index (χ4n) is 4.66. The summed E-state index contributed by atoms with van der Waals surface area (Å²) in [4.78, 5) is 16.5. The molecule has 2 atom stereocenters. The average Bonchev–Trinajstić information content (AvgIpc) is 3.06. The minimum absolute atomic E-state index is 0.00699. The molecule has 1 N–H and O–H groups in total. The van der Waals surface area contributed by atoms with Gasteiger partial charge in [0.2, 0.25) is 0 Å². The molecule has 1 heterocycles. The van der Waals surface area contributed by atoms with Crippen molar-refractivity contribution in [2.75, 3.05) is 9.80 Å². The highest BCUT2D eigenvalue weighted by molar-refractivity contribution is 6.09. The van der Waals surface area contributed by atoms with Crippen molar-refractivity contribution < 1.29 is 27.8 Å². The van der Waals surface area contributed by atoms with Gasteiger partial charge in [-0.1, -0.05) is 19.1 Å². The van der Waals surface area contributed by atoms with Gasteiger partial charge >= 0.3 is 12.4 Å². The van der Waals surface area contributed by atoms with Crippen LogP contribution in [0.15, 0.2) is 72.8 Å². The molecule has 37 heavy (non-hydrogen) atoms. The number of nitrogens with zero attached hydrogens (tertiary/aromatic N) is 4. The van der Waals surface area contributed by atoms with Crippen LogP contribution in [0.4, 0.5) is 29.3 Å². The second kappa shape index (κ2) is 9.16. The Kier molecular flexibility index (Phi) is 6.32. The molecule has 1 saturated heterocycles. The summed E-state index contributed by atoms with van der Waals surface area (Å²) in [5.41, 5.74) is -2.29. The number of anilines is 2. The Morgan fingerprint density at radius 2 is 1.43 bits per heavy atom. The van der Waals surface area contributed by atoms with Crippen LogP contribution in [0.3, 0.4) is 0 Å². The number of hydrogen-bond donors (Lipinski definition) is 1. The van der Waals surface area contributed by atoms with E-state index in [2.05, 4.69) is 4.74 Å². The molecule has 4 rings (SSSR count). The van der Waals surface area contributed by atoms with Crippen molar-refractivity contribution in [2.24, 2.45) is 0 Å². The van der Waals surface area contributed by atoms with Crippen molar-refractivity contribution in [3.8, 4) is 17.9 Å². The average molecular weight is 506 g/mol. The zero-order chi connectivity index (χ0) is 27.0. The molecule has 0 aliphatic carbocycles. The number of carbonyl (C=O) groups is 1. The number of hydrogen-bond acceptors (Lipinski definition) is 5. The number of urea groups is 1. The maximum absolute atomic E-state index is 14.0. The third-order valence-electron chi connectivity index (χ3n) is 6.62. The first kappa shape index (κ1) is 25.5. The van der Waals surface area contributed by atoms with Crippen LogP contribution in [0.25, 0.3) is 0 Å². The third kappa shape index (κ3) is 4.22. The quantitative estimate of drug-likeness (QED) is 0.472. The van der Waals surface area contributed by atoms with Crippen molar-refractivity contribution in [2.45, 2.75) is 37.9 Å². The molecule has 0 bridgehead atoms. The number of halogens is 3. The molecule has 188 valence electrons. The zero-order valence-electron chi connectivity index (χ0n) is 19.8. The maximum Gasteiger partial charge on any atom is 0.573 e. The van der Waals surface area contributed by atoms with Crippen molar-refractivity contribution >= 4 is 17.4 Å². The van der Waals surface area contributed by atoms with E-state index in [0.29, 0.717) is 16.8 Å². The lowest BCUT2D eigenvalue weighted by molar-refractivity contribution is -0.274. The van der Waals surface area contributed by atoms with Crippen LogP contribution in [0.2, 0.25) is 0 Å². The standard InChI is InChI=1S/C27H21F3N4O3/c1-3-25(2)26(36,20-5-4-6-23(15-20)37-27(28,29)30)34(22-13-9-19(17-32)10-14-22)24(35)33(25)21-11-7-18(16-31)8-12-21/h4-15,36H,3H2,1-2H3/t25-,26?/m0/s1. The van der Waals surface area contributed by atoms with Gasteiger partial charge in [0.1, 0.15) is 5.75 Å². The van der Waals surface area contributed by atoms with Gasteiger partial charge < -0.3 is 9.84 Å². The number of aliphatic hydroxyl groups is 1. The van der Waals surface area contributed by atoms with Crippen LogP contribution >= 0.6 is 0 Å². The van der Waals surface area contributed by atoms with Gasteiger partial charge in [-0.05, 0) is 74.0 Å². The lowest BCUT2D eigenvalue weighted by atomic mass is 9.80. The van der Waals surface area contributed by atoms with Crippen LogP contribution in [0.1, 0.15) is 37.0 Å². The summed E-state index contributed by atoms with van der Waals surface area (Å²) < 4.78 is 43.0. The molecule has 1 unspecified atom stereocenters. The molecule has 2 amide bonds. The summed E-state index contributed by atoms with van der Waals surface area (Å²) in [6.45, 7) is 3.37. The molecule has 7 nitrogen and oxygen atoms in total.